The van der Waals surface area contributed by atoms with Gasteiger partial charge in [0.15, 0.2) is 0 Å². The van der Waals surface area contributed by atoms with E-state index in [1.807, 2.05) is 0 Å². The molecule has 6 heavy (non-hydrogen) atoms. The third kappa shape index (κ3) is 3.71. The van der Waals surface area contributed by atoms with Gasteiger partial charge in [-0.2, -0.15) is 0 Å². The van der Waals surface area contributed by atoms with Crippen LogP contribution in [0.25, 0.3) is 0 Å². The van der Waals surface area contributed by atoms with Crippen molar-refractivity contribution in [3.8, 4) is 5.69 Å². The molecule has 0 rings (SSSR count). The van der Waals surface area contributed by atoms with Crippen molar-refractivity contribution in [3.63, 3.8) is 0 Å². The summed E-state index contributed by atoms with van der Waals surface area (Å²) in [6, 6.07) is 0. The Hall–Kier alpha value is -0.293. The van der Waals surface area contributed by atoms with E-state index in [2.05, 4.69) is 19.5 Å². The SMILES string of the molecule is CC(C)[SiH2]C#N. The van der Waals surface area contributed by atoms with Gasteiger partial charge in [0.1, 0.15) is 9.52 Å². The van der Waals surface area contributed by atoms with Crippen molar-refractivity contribution in [2.75, 3.05) is 0 Å². The third-order valence-corrected chi connectivity index (χ3v) is 1.50. The van der Waals surface area contributed by atoms with Crippen molar-refractivity contribution in [1.82, 2.24) is 0 Å². The van der Waals surface area contributed by atoms with E-state index in [4.69, 9.17) is 5.26 Å². The van der Waals surface area contributed by atoms with E-state index < -0.39 is 0 Å². The van der Waals surface area contributed by atoms with E-state index in [1.54, 1.807) is 0 Å². The molecular weight excluding hydrogens is 90.1 g/mol. The van der Waals surface area contributed by atoms with Crippen molar-refractivity contribution in [3.05, 3.63) is 0 Å². The van der Waals surface area contributed by atoms with Gasteiger partial charge in [0.05, 0.1) is 0 Å². The van der Waals surface area contributed by atoms with Crippen molar-refractivity contribution < 1.29 is 0 Å². The van der Waals surface area contributed by atoms with Crippen LogP contribution in [0.1, 0.15) is 13.8 Å². The minimum absolute atomic E-state index is 0.338. The molecule has 0 aliphatic heterocycles. The zero-order valence-corrected chi connectivity index (χ0v) is 5.65. The first-order chi connectivity index (χ1) is 2.77. The van der Waals surface area contributed by atoms with Gasteiger partial charge in [-0.3, -0.25) is 0 Å². The second-order valence-electron chi connectivity index (χ2n) is 1.76. The van der Waals surface area contributed by atoms with Crippen LogP contribution in [0.2, 0.25) is 5.54 Å². The Morgan fingerprint density at radius 3 is 2.17 bits per heavy atom. The fraction of sp³-hybridized carbons (Fsp3) is 0.750. The Balaban J connectivity index is 2.88. The van der Waals surface area contributed by atoms with Crippen molar-refractivity contribution >= 4 is 9.52 Å². The molecule has 0 aliphatic carbocycles. The molecule has 0 amide bonds. The van der Waals surface area contributed by atoms with Gasteiger partial charge in [0.2, 0.25) is 0 Å². The second kappa shape index (κ2) is 2.92. The summed E-state index contributed by atoms with van der Waals surface area (Å²) in [5.41, 5.74) is 2.88. The summed E-state index contributed by atoms with van der Waals surface area (Å²) in [6.45, 7) is 4.19. The zero-order valence-electron chi connectivity index (χ0n) is 4.23. The maximum atomic E-state index is 8.05. The van der Waals surface area contributed by atoms with Gasteiger partial charge in [-0.1, -0.05) is 13.8 Å². The number of nitriles is 1. The highest BCUT2D eigenvalue weighted by molar-refractivity contribution is 6.46. The van der Waals surface area contributed by atoms with Crippen LogP contribution < -0.4 is 0 Å². The van der Waals surface area contributed by atoms with E-state index >= 15 is 0 Å². The summed E-state index contributed by atoms with van der Waals surface area (Å²) in [5.74, 6) is 0. The Morgan fingerprint density at radius 1 is 1.67 bits per heavy atom. The average Bonchev–Trinajstić information content (AvgIpc) is 1.35. The Labute approximate surface area is 40.8 Å². The molecule has 0 atom stereocenters. The number of hydrogen-bond donors (Lipinski definition) is 0. The van der Waals surface area contributed by atoms with E-state index in [0.29, 0.717) is 5.54 Å². The van der Waals surface area contributed by atoms with Gasteiger partial charge in [-0.25, -0.2) is 5.26 Å². The topological polar surface area (TPSA) is 23.8 Å². The molecule has 0 aromatic heterocycles. The van der Waals surface area contributed by atoms with Gasteiger partial charge >= 0.3 is 0 Å². The minimum Gasteiger partial charge on any atom is -0.207 e. The summed E-state index contributed by atoms with van der Waals surface area (Å²) in [5, 5.41) is 8.05. The smallest absolute Gasteiger partial charge is 0.145 e. The van der Waals surface area contributed by atoms with Crippen molar-refractivity contribution in [1.29, 1.82) is 5.26 Å². The largest absolute Gasteiger partial charge is 0.207 e. The molecule has 34 valence electrons. The van der Waals surface area contributed by atoms with Crippen LogP contribution in [0.4, 0.5) is 0 Å². The summed E-state index contributed by atoms with van der Waals surface area (Å²) >= 11 is 0. The first-order valence-corrected chi connectivity index (χ1v) is 3.66. The zero-order chi connectivity index (χ0) is 4.99. The number of nitrogens with zero attached hydrogens (tertiary/aromatic N) is 1. The van der Waals surface area contributed by atoms with Gasteiger partial charge in [-0.05, 0) is 5.54 Å². The molecule has 0 saturated carbocycles. The summed E-state index contributed by atoms with van der Waals surface area (Å²) < 4.78 is 0. The van der Waals surface area contributed by atoms with Crippen molar-refractivity contribution in [2.45, 2.75) is 19.4 Å². The van der Waals surface area contributed by atoms with Gasteiger partial charge in [0.25, 0.3) is 0 Å². The van der Waals surface area contributed by atoms with E-state index in [9.17, 15) is 0 Å². The van der Waals surface area contributed by atoms with Crippen LogP contribution >= 0.6 is 0 Å². The van der Waals surface area contributed by atoms with Crippen LogP contribution in [0.3, 0.4) is 0 Å². The quantitative estimate of drug-likeness (QED) is 0.438. The molecule has 0 aromatic rings. The summed E-state index contributed by atoms with van der Waals surface area (Å²) in [4.78, 5) is 0. The lowest BCUT2D eigenvalue weighted by molar-refractivity contribution is 1.07. The lowest BCUT2D eigenvalue weighted by Gasteiger charge is -1.86. The highest BCUT2D eigenvalue weighted by Crippen LogP contribution is 1.92. The molecular formula is C4H9NSi. The van der Waals surface area contributed by atoms with Crippen LogP contribution in [-0.4, -0.2) is 9.52 Å². The summed E-state index contributed by atoms with van der Waals surface area (Å²) in [7, 11) is -0.338. The number of rotatable bonds is 1. The highest BCUT2D eigenvalue weighted by Gasteiger charge is 1.87. The predicted molar refractivity (Wildman–Crippen MR) is 29.3 cm³/mol. The first-order valence-electron chi connectivity index (χ1n) is 2.14. The lowest BCUT2D eigenvalue weighted by Crippen LogP contribution is -1.88. The molecule has 0 aromatic carbocycles. The van der Waals surface area contributed by atoms with Crippen LogP contribution in [0, 0.1) is 11.0 Å². The molecule has 0 N–H and O–H groups in total. The van der Waals surface area contributed by atoms with Crippen LogP contribution in [0.15, 0.2) is 0 Å². The average molecular weight is 99.2 g/mol. The summed E-state index contributed by atoms with van der Waals surface area (Å²) in [6.07, 6.45) is 0. The minimum atomic E-state index is -0.338. The van der Waals surface area contributed by atoms with E-state index in [-0.39, 0.29) is 9.52 Å². The second-order valence-corrected chi connectivity index (χ2v) is 4.11. The van der Waals surface area contributed by atoms with Gasteiger partial charge in [-0.15, -0.1) is 0 Å². The normalized spacial score (nSPS) is 10.3. The molecule has 0 spiro atoms. The molecule has 0 unspecified atom stereocenters. The third-order valence-electron chi connectivity index (χ3n) is 0.500. The Kier molecular flexibility index (Phi) is 2.78. The first kappa shape index (κ1) is 5.71. The maximum absolute atomic E-state index is 8.05. The van der Waals surface area contributed by atoms with E-state index in [1.165, 1.54) is 0 Å². The Bertz CT molecular complexity index is 62.4. The molecule has 0 heterocycles. The van der Waals surface area contributed by atoms with Gasteiger partial charge < -0.3 is 0 Å². The molecule has 1 nitrogen and oxygen atoms in total. The highest BCUT2D eigenvalue weighted by atomic mass is 28.2. The molecule has 0 aliphatic rings. The van der Waals surface area contributed by atoms with Crippen LogP contribution in [-0.2, 0) is 0 Å². The molecule has 0 saturated heterocycles. The van der Waals surface area contributed by atoms with Crippen molar-refractivity contribution in [2.24, 2.45) is 0 Å². The molecule has 0 fully saturated rings. The molecule has 2 heteroatoms. The molecule has 0 bridgehead atoms. The van der Waals surface area contributed by atoms with Crippen LogP contribution in [0.5, 0.6) is 0 Å². The monoisotopic (exact) mass is 99.1 g/mol. The van der Waals surface area contributed by atoms with E-state index in [0.717, 1.165) is 0 Å². The fourth-order valence-corrected chi connectivity index (χ4v) is 0.548. The number of hydrogen-bond acceptors (Lipinski definition) is 1. The Morgan fingerprint density at radius 2 is 2.17 bits per heavy atom. The van der Waals surface area contributed by atoms with Gasteiger partial charge in [0, 0.05) is 5.69 Å². The molecule has 0 radical (unpaired) electrons. The standard InChI is InChI=1S/C4H9NSi/c1-4(2)6-3-5/h4H,6H2,1-2H3. The fourth-order valence-electron chi connectivity index (χ4n) is 0.183. The maximum Gasteiger partial charge on any atom is 0.145 e. The predicted octanol–water partition coefficient (Wildman–Crippen LogP) is 0.465. The lowest BCUT2D eigenvalue weighted by atomic mass is 10.6.